The molecule has 0 aliphatic rings. The summed E-state index contributed by atoms with van der Waals surface area (Å²) in [6.07, 6.45) is 0. The molecule has 0 saturated carbocycles. The van der Waals surface area contributed by atoms with Crippen molar-refractivity contribution in [1.29, 1.82) is 0 Å². The molecular formula is C60H39N. The second-order valence-electron chi connectivity index (χ2n) is 16.0. The van der Waals surface area contributed by atoms with Crippen molar-refractivity contribution >= 4 is 81.7 Å². The lowest BCUT2D eigenvalue weighted by atomic mass is 9.84. The average molecular weight is 774 g/mol. The van der Waals surface area contributed by atoms with Crippen LogP contribution >= 0.6 is 0 Å². The van der Waals surface area contributed by atoms with Crippen molar-refractivity contribution in [3.05, 3.63) is 237 Å². The Morgan fingerprint density at radius 2 is 0.590 bits per heavy atom. The van der Waals surface area contributed by atoms with Gasteiger partial charge in [-0.15, -0.1) is 0 Å². The molecule has 284 valence electrons. The van der Waals surface area contributed by atoms with Crippen molar-refractivity contribution in [2.75, 3.05) is 4.90 Å². The van der Waals surface area contributed by atoms with Crippen LogP contribution in [-0.4, -0.2) is 0 Å². The van der Waals surface area contributed by atoms with Gasteiger partial charge in [0.15, 0.2) is 0 Å². The highest BCUT2D eigenvalue weighted by molar-refractivity contribution is 6.23. The van der Waals surface area contributed by atoms with E-state index in [0.29, 0.717) is 0 Å². The largest absolute Gasteiger partial charge is 0.309 e. The quantitative estimate of drug-likeness (QED) is 0.152. The lowest BCUT2D eigenvalue weighted by molar-refractivity contribution is 1.32. The molecule has 12 aromatic carbocycles. The summed E-state index contributed by atoms with van der Waals surface area (Å²) < 4.78 is 0. The minimum Gasteiger partial charge on any atom is -0.309 e. The van der Waals surface area contributed by atoms with E-state index in [-0.39, 0.29) is 0 Å². The fraction of sp³-hybridized carbons (Fsp3) is 0. The van der Waals surface area contributed by atoms with Crippen LogP contribution in [0.25, 0.3) is 98.0 Å². The van der Waals surface area contributed by atoms with E-state index in [1.807, 2.05) is 0 Å². The molecule has 0 fully saturated rings. The Morgan fingerprint density at radius 3 is 1.11 bits per heavy atom. The predicted molar refractivity (Wildman–Crippen MR) is 262 cm³/mol. The number of fused-ring (bicyclic) bond motifs is 9. The third-order valence-corrected chi connectivity index (χ3v) is 12.6. The molecular weight excluding hydrogens is 735 g/mol. The third kappa shape index (κ3) is 5.78. The van der Waals surface area contributed by atoms with Crippen molar-refractivity contribution in [2.45, 2.75) is 0 Å². The Labute approximate surface area is 355 Å². The number of hydrogen-bond donors (Lipinski definition) is 0. The minimum absolute atomic E-state index is 1.10. The number of rotatable bonds is 6. The number of anilines is 3. The van der Waals surface area contributed by atoms with Crippen LogP contribution in [0.5, 0.6) is 0 Å². The maximum absolute atomic E-state index is 2.49. The fourth-order valence-electron chi connectivity index (χ4n) is 9.83. The Bertz CT molecular complexity index is 3510. The molecule has 12 rings (SSSR count). The van der Waals surface area contributed by atoms with E-state index < -0.39 is 0 Å². The van der Waals surface area contributed by atoms with Crippen molar-refractivity contribution in [2.24, 2.45) is 0 Å². The van der Waals surface area contributed by atoms with Crippen LogP contribution in [0, 0.1) is 0 Å². The van der Waals surface area contributed by atoms with Crippen LogP contribution in [0.15, 0.2) is 237 Å². The molecule has 0 radical (unpaired) electrons. The standard InChI is InChI=1S/C60H39N/c1-3-17-41(18-4-1)59-55-30-16-13-27-51(55)52-36-33-43(37-56(52)60(59)42-19-5-2-6-20-42)40-31-34-46(35-32-40)61(57-38-44-21-7-9-23-47(44)49-25-11-14-28-53(49)57)58-39-45-22-8-10-24-48(45)50-26-12-15-29-54(50)58/h1-39H. The van der Waals surface area contributed by atoms with Crippen LogP contribution in [0.3, 0.4) is 0 Å². The van der Waals surface area contributed by atoms with Crippen LogP contribution in [-0.2, 0) is 0 Å². The summed E-state index contributed by atoms with van der Waals surface area (Å²) in [5.41, 5.74) is 10.7. The van der Waals surface area contributed by atoms with Crippen molar-refractivity contribution < 1.29 is 0 Å². The molecule has 61 heavy (non-hydrogen) atoms. The monoisotopic (exact) mass is 773 g/mol. The second-order valence-corrected chi connectivity index (χ2v) is 16.0. The molecule has 12 aromatic rings. The van der Waals surface area contributed by atoms with E-state index in [1.54, 1.807) is 0 Å². The molecule has 0 saturated heterocycles. The maximum atomic E-state index is 2.49. The van der Waals surface area contributed by atoms with E-state index in [9.17, 15) is 0 Å². The van der Waals surface area contributed by atoms with E-state index in [0.717, 1.165) is 17.1 Å². The minimum atomic E-state index is 1.10. The number of hydrogen-bond acceptors (Lipinski definition) is 1. The number of nitrogens with zero attached hydrogens (tertiary/aromatic N) is 1. The van der Waals surface area contributed by atoms with Crippen molar-refractivity contribution in [1.82, 2.24) is 0 Å². The van der Waals surface area contributed by atoms with Gasteiger partial charge in [0, 0.05) is 16.5 Å². The molecule has 0 aromatic heterocycles. The molecule has 0 N–H and O–H groups in total. The highest BCUT2D eigenvalue weighted by Crippen LogP contribution is 2.48. The first-order valence-corrected chi connectivity index (χ1v) is 21.1. The first kappa shape index (κ1) is 35.0. The first-order valence-electron chi connectivity index (χ1n) is 21.1. The van der Waals surface area contributed by atoms with Gasteiger partial charge in [-0.3, -0.25) is 0 Å². The van der Waals surface area contributed by atoms with Crippen molar-refractivity contribution in [3.63, 3.8) is 0 Å². The zero-order valence-corrected chi connectivity index (χ0v) is 33.5. The van der Waals surface area contributed by atoms with Crippen molar-refractivity contribution in [3.8, 4) is 33.4 Å². The molecule has 0 bridgehead atoms. The Hall–Kier alpha value is -8.00. The van der Waals surface area contributed by atoms with Gasteiger partial charge in [-0.25, -0.2) is 0 Å². The van der Waals surface area contributed by atoms with Gasteiger partial charge in [-0.2, -0.15) is 0 Å². The molecule has 0 heterocycles. The molecule has 1 heteroatoms. The topological polar surface area (TPSA) is 3.24 Å². The van der Waals surface area contributed by atoms with Crippen LogP contribution in [0.4, 0.5) is 17.1 Å². The van der Waals surface area contributed by atoms with Crippen LogP contribution < -0.4 is 4.90 Å². The van der Waals surface area contributed by atoms with Gasteiger partial charge in [0.25, 0.3) is 0 Å². The highest BCUT2D eigenvalue weighted by Gasteiger charge is 2.22. The molecule has 0 amide bonds. The van der Waals surface area contributed by atoms with Gasteiger partial charge >= 0.3 is 0 Å². The molecule has 0 aliphatic heterocycles. The zero-order chi connectivity index (χ0) is 40.3. The lowest BCUT2D eigenvalue weighted by Gasteiger charge is -2.29. The Balaban J connectivity index is 1.09. The maximum Gasteiger partial charge on any atom is 0.0546 e. The summed E-state index contributed by atoms with van der Waals surface area (Å²) in [6, 6.07) is 86.9. The smallest absolute Gasteiger partial charge is 0.0546 e. The second kappa shape index (κ2) is 14.4. The summed E-state index contributed by atoms with van der Waals surface area (Å²) >= 11 is 0. The predicted octanol–water partition coefficient (Wildman–Crippen LogP) is 17.1. The van der Waals surface area contributed by atoms with E-state index in [2.05, 4.69) is 241 Å². The molecule has 0 aliphatic carbocycles. The lowest BCUT2D eigenvalue weighted by Crippen LogP contribution is -2.11. The third-order valence-electron chi connectivity index (χ3n) is 12.6. The summed E-state index contributed by atoms with van der Waals surface area (Å²) in [4.78, 5) is 2.49. The van der Waals surface area contributed by atoms with Crippen LogP contribution in [0.1, 0.15) is 0 Å². The normalized spacial score (nSPS) is 11.6. The van der Waals surface area contributed by atoms with E-state index >= 15 is 0 Å². The molecule has 0 spiro atoms. The van der Waals surface area contributed by atoms with Gasteiger partial charge in [0.05, 0.1) is 11.4 Å². The Kier molecular flexibility index (Phi) is 8.25. The first-order chi connectivity index (χ1) is 30.3. The van der Waals surface area contributed by atoms with Gasteiger partial charge in [-0.05, 0) is 118 Å². The fourth-order valence-corrected chi connectivity index (χ4v) is 9.83. The summed E-state index contributed by atoms with van der Waals surface area (Å²) in [5.74, 6) is 0. The summed E-state index contributed by atoms with van der Waals surface area (Å²) in [5, 5.41) is 14.9. The number of benzene rings is 12. The van der Waals surface area contributed by atoms with Gasteiger partial charge in [0.1, 0.15) is 0 Å². The summed E-state index contributed by atoms with van der Waals surface area (Å²) in [7, 11) is 0. The van der Waals surface area contributed by atoms with Gasteiger partial charge in [0.2, 0.25) is 0 Å². The summed E-state index contributed by atoms with van der Waals surface area (Å²) in [6.45, 7) is 0. The van der Waals surface area contributed by atoms with E-state index in [4.69, 9.17) is 0 Å². The highest BCUT2D eigenvalue weighted by atomic mass is 15.1. The molecule has 1 nitrogen and oxygen atoms in total. The van der Waals surface area contributed by atoms with Gasteiger partial charge in [-0.1, -0.05) is 206 Å². The molecule has 0 unspecified atom stereocenters. The van der Waals surface area contributed by atoms with Crippen LogP contribution in [0.2, 0.25) is 0 Å². The van der Waals surface area contributed by atoms with E-state index in [1.165, 1.54) is 98.0 Å². The molecule has 0 atom stereocenters. The Morgan fingerprint density at radius 1 is 0.213 bits per heavy atom. The average Bonchev–Trinajstić information content (AvgIpc) is 3.34. The zero-order valence-electron chi connectivity index (χ0n) is 33.5. The SMILES string of the molecule is c1ccc(-c2c(-c3ccccc3)c3cc(-c4ccc(N(c5cc6ccccc6c6ccccc56)c5cc6ccccc6c6ccccc56)cc4)ccc3c3ccccc23)cc1. The van der Waals surface area contributed by atoms with Gasteiger partial charge < -0.3 is 4.90 Å².